The van der Waals surface area contributed by atoms with E-state index in [1.165, 1.54) is 41.7 Å². The van der Waals surface area contributed by atoms with Gasteiger partial charge in [0.1, 0.15) is 12.2 Å². The molecule has 1 N–H and O–H groups in total. The number of aromatic nitrogens is 4. The summed E-state index contributed by atoms with van der Waals surface area (Å²) in [5.74, 6) is -0.637. The first-order valence-electron chi connectivity index (χ1n) is 7.67. The number of imidazole rings is 1. The van der Waals surface area contributed by atoms with Crippen LogP contribution in [0.4, 0.5) is 18.9 Å². The van der Waals surface area contributed by atoms with Gasteiger partial charge in [-0.05, 0) is 18.2 Å². The molecule has 0 saturated carbocycles. The first-order valence-corrected chi connectivity index (χ1v) is 7.67. The van der Waals surface area contributed by atoms with E-state index in [9.17, 15) is 27.6 Å². The molecule has 0 saturated heterocycles. The number of rotatable bonds is 3. The monoisotopic (exact) mass is 381 g/mol. The van der Waals surface area contributed by atoms with Crippen molar-refractivity contribution in [1.29, 1.82) is 0 Å². The van der Waals surface area contributed by atoms with Crippen molar-refractivity contribution in [3.8, 4) is 0 Å². The summed E-state index contributed by atoms with van der Waals surface area (Å²) in [6.45, 7) is -0.340. The van der Waals surface area contributed by atoms with E-state index in [-0.39, 0.29) is 23.4 Å². The molecule has 0 radical (unpaired) electrons. The van der Waals surface area contributed by atoms with Crippen LogP contribution < -0.4 is 16.6 Å². The number of halogens is 3. The maximum absolute atomic E-state index is 12.7. The van der Waals surface area contributed by atoms with Gasteiger partial charge in [-0.2, -0.15) is 13.2 Å². The maximum Gasteiger partial charge on any atom is 0.416 e. The van der Waals surface area contributed by atoms with Crippen LogP contribution in [0, 0.1) is 0 Å². The van der Waals surface area contributed by atoms with Crippen molar-refractivity contribution < 1.29 is 18.0 Å². The second-order valence-corrected chi connectivity index (χ2v) is 5.88. The Morgan fingerprint density at radius 3 is 2.56 bits per heavy atom. The Labute approximate surface area is 149 Å². The largest absolute Gasteiger partial charge is 0.416 e. The minimum atomic E-state index is -4.53. The SMILES string of the molecule is Cn1c(=O)c2ncn(CC(=O)Nc3cccc(C(F)(F)F)c3)c2n(C)c1=O. The average molecular weight is 381 g/mol. The highest BCUT2D eigenvalue weighted by atomic mass is 19.4. The van der Waals surface area contributed by atoms with Crippen LogP contribution in [0.15, 0.2) is 40.2 Å². The highest BCUT2D eigenvalue weighted by molar-refractivity contribution is 5.91. The van der Waals surface area contributed by atoms with Crippen LogP contribution in [-0.4, -0.2) is 24.6 Å². The number of benzene rings is 1. The number of aryl methyl sites for hydroxylation is 1. The average Bonchev–Trinajstić information content (AvgIpc) is 3.01. The number of carbonyl (C=O) groups is 1. The summed E-state index contributed by atoms with van der Waals surface area (Å²) in [6.07, 6.45) is -3.31. The zero-order chi connectivity index (χ0) is 19.9. The number of alkyl halides is 3. The van der Waals surface area contributed by atoms with Gasteiger partial charge in [-0.1, -0.05) is 6.07 Å². The van der Waals surface area contributed by atoms with E-state index in [0.29, 0.717) is 0 Å². The molecule has 27 heavy (non-hydrogen) atoms. The molecule has 0 atom stereocenters. The van der Waals surface area contributed by atoms with E-state index in [1.54, 1.807) is 0 Å². The predicted octanol–water partition coefficient (Wildman–Crippen LogP) is 1.09. The highest BCUT2D eigenvalue weighted by Crippen LogP contribution is 2.30. The first-order chi connectivity index (χ1) is 12.6. The summed E-state index contributed by atoms with van der Waals surface area (Å²) in [5, 5.41) is 2.36. The molecule has 142 valence electrons. The van der Waals surface area contributed by atoms with Crippen molar-refractivity contribution in [1.82, 2.24) is 18.7 Å². The molecule has 1 aromatic carbocycles. The Morgan fingerprint density at radius 1 is 1.19 bits per heavy atom. The zero-order valence-electron chi connectivity index (χ0n) is 14.2. The molecule has 0 fully saturated rings. The van der Waals surface area contributed by atoms with Crippen LogP contribution in [0.1, 0.15) is 5.56 Å². The van der Waals surface area contributed by atoms with Crippen molar-refractivity contribution in [2.45, 2.75) is 12.7 Å². The van der Waals surface area contributed by atoms with E-state index >= 15 is 0 Å². The van der Waals surface area contributed by atoms with Crippen molar-refractivity contribution in [3.63, 3.8) is 0 Å². The smallest absolute Gasteiger partial charge is 0.325 e. The molecule has 3 aromatic rings. The lowest BCUT2D eigenvalue weighted by atomic mass is 10.2. The lowest BCUT2D eigenvalue weighted by Crippen LogP contribution is -2.37. The number of hydrogen-bond donors (Lipinski definition) is 1. The van der Waals surface area contributed by atoms with Gasteiger partial charge in [-0.25, -0.2) is 9.78 Å². The standard InChI is InChI=1S/C16H14F3N5O3/c1-22-13-12(14(26)23(2)15(22)27)20-8-24(13)7-11(25)21-10-5-3-4-9(6-10)16(17,18)19/h3-6,8H,7H2,1-2H3,(H,21,25). The predicted molar refractivity (Wildman–Crippen MR) is 90.3 cm³/mol. The van der Waals surface area contributed by atoms with Crippen molar-refractivity contribution in [2.75, 3.05) is 5.32 Å². The molecule has 2 heterocycles. The Morgan fingerprint density at radius 2 is 1.89 bits per heavy atom. The summed E-state index contributed by atoms with van der Waals surface area (Å²) in [5.41, 5.74) is -1.96. The van der Waals surface area contributed by atoms with E-state index in [0.717, 1.165) is 16.7 Å². The summed E-state index contributed by atoms with van der Waals surface area (Å²) >= 11 is 0. The number of nitrogens with one attached hydrogen (secondary N) is 1. The molecular formula is C16H14F3N5O3. The molecule has 3 rings (SSSR count). The van der Waals surface area contributed by atoms with Crippen LogP contribution in [0.2, 0.25) is 0 Å². The normalized spacial score (nSPS) is 11.7. The van der Waals surface area contributed by atoms with Crippen LogP contribution >= 0.6 is 0 Å². The minimum absolute atomic E-state index is 0.00599. The molecule has 0 aliphatic rings. The van der Waals surface area contributed by atoms with Gasteiger partial charge < -0.3 is 9.88 Å². The molecule has 0 unspecified atom stereocenters. The van der Waals surface area contributed by atoms with E-state index in [1.807, 2.05) is 0 Å². The van der Waals surface area contributed by atoms with E-state index in [4.69, 9.17) is 0 Å². The quantitative estimate of drug-likeness (QED) is 0.735. The Bertz CT molecular complexity index is 1160. The molecule has 0 aliphatic heterocycles. The molecule has 0 spiro atoms. The zero-order valence-corrected chi connectivity index (χ0v) is 14.2. The molecular weight excluding hydrogens is 367 g/mol. The van der Waals surface area contributed by atoms with Gasteiger partial charge in [-0.15, -0.1) is 0 Å². The molecule has 11 heteroatoms. The summed E-state index contributed by atoms with van der Waals surface area (Å²) in [7, 11) is 2.73. The topological polar surface area (TPSA) is 90.9 Å². The molecule has 0 aliphatic carbocycles. The summed E-state index contributed by atoms with van der Waals surface area (Å²) in [6, 6.07) is 4.21. The fraction of sp³-hybridized carbons (Fsp3) is 0.250. The summed E-state index contributed by atoms with van der Waals surface area (Å²) < 4.78 is 41.6. The second-order valence-electron chi connectivity index (χ2n) is 5.88. The lowest BCUT2D eigenvalue weighted by molar-refractivity contribution is -0.137. The number of hydrogen-bond acceptors (Lipinski definition) is 4. The first kappa shape index (κ1) is 18.4. The number of anilines is 1. The number of carbonyl (C=O) groups excluding carboxylic acids is 1. The summed E-state index contributed by atoms with van der Waals surface area (Å²) in [4.78, 5) is 40.3. The molecule has 2 aromatic heterocycles. The van der Waals surface area contributed by atoms with E-state index in [2.05, 4.69) is 10.3 Å². The minimum Gasteiger partial charge on any atom is -0.325 e. The molecule has 0 bridgehead atoms. The number of amides is 1. The van der Waals surface area contributed by atoms with Gasteiger partial charge in [0.15, 0.2) is 5.52 Å². The highest BCUT2D eigenvalue weighted by Gasteiger charge is 2.30. The third-order valence-electron chi connectivity index (χ3n) is 4.00. The lowest BCUT2D eigenvalue weighted by Gasteiger charge is -2.11. The maximum atomic E-state index is 12.7. The Hall–Kier alpha value is -3.37. The van der Waals surface area contributed by atoms with Gasteiger partial charge >= 0.3 is 11.9 Å². The molecule has 1 amide bonds. The van der Waals surface area contributed by atoms with Crippen molar-refractivity contribution >= 4 is 22.8 Å². The van der Waals surface area contributed by atoms with Crippen LogP contribution in [0.25, 0.3) is 11.2 Å². The Kier molecular flexibility index (Phi) is 4.38. The van der Waals surface area contributed by atoms with Gasteiger partial charge in [0.25, 0.3) is 5.56 Å². The van der Waals surface area contributed by atoms with Gasteiger partial charge in [-0.3, -0.25) is 18.7 Å². The van der Waals surface area contributed by atoms with Gasteiger partial charge in [0, 0.05) is 19.8 Å². The van der Waals surface area contributed by atoms with Crippen LogP contribution in [0.5, 0.6) is 0 Å². The van der Waals surface area contributed by atoms with Gasteiger partial charge in [0.05, 0.1) is 11.9 Å². The number of fused-ring (bicyclic) bond motifs is 1. The fourth-order valence-electron chi connectivity index (χ4n) is 2.68. The number of nitrogens with zero attached hydrogens (tertiary/aromatic N) is 4. The van der Waals surface area contributed by atoms with Gasteiger partial charge in [0.2, 0.25) is 5.91 Å². The van der Waals surface area contributed by atoms with E-state index < -0.39 is 28.9 Å². The fourth-order valence-corrected chi connectivity index (χ4v) is 2.68. The third kappa shape index (κ3) is 3.35. The van der Waals surface area contributed by atoms with Crippen LogP contribution in [-0.2, 0) is 31.6 Å². The van der Waals surface area contributed by atoms with Crippen molar-refractivity contribution in [3.05, 3.63) is 57.0 Å². The second kappa shape index (κ2) is 6.41. The molecule has 8 nitrogen and oxygen atoms in total. The van der Waals surface area contributed by atoms with Crippen molar-refractivity contribution in [2.24, 2.45) is 14.1 Å². The van der Waals surface area contributed by atoms with Crippen LogP contribution in [0.3, 0.4) is 0 Å². The Balaban J connectivity index is 1.90. The third-order valence-corrected chi connectivity index (χ3v) is 4.00.